The van der Waals surface area contributed by atoms with Crippen molar-refractivity contribution in [1.82, 2.24) is 0 Å². The molecule has 1 aliphatic carbocycles. The van der Waals surface area contributed by atoms with Gasteiger partial charge in [0, 0.05) is 0 Å². The molecule has 0 amide bonds. The van der Waals surface area contributed by atoms with Crippen LogP contribution in [-0.2, 0) is 14.2 Å². The van der Waals surface area contributed by atoms with Gasteiger partial charge in [-0.25, -0.2) is 0 Å². The lowest BCUT2D eigenvalue weighted by molar-refractivity contribution is -0.136. The molecule has 4 unspecified atom stereocenters. The molecule has 5 nitrogen and oxygen atoms in total. The quantitative estimate of drug-likeness (QED) is 0.502. The van der Waals surface area contributed by atoms with E-state index < -0.39 is 11.2 Å². The molecule has 0 aromatic rings. The van der Waals surface area contributed by atoms with Gasteiger partial charge in [-0.15, -0.1) is 0 Å². The molecule has 4 atom stereocenters. The van der Waals surface area contributed by atoms with Gasteiger partial charge in [-0.3, -0.25) is 0 Å². The molecule has 0 radical (unpaired) electrons. The van der Waals surface area contributed by atoms with Gasteiger partial charge in [0.1, 0.15) is 0 Å². The summed E-state index contributed by atoms with van der Waals surface area (Å²) in [4.78, 5) is 0. The normalized spacial score (nSPS) is 34.4. The number of hydrogen-bond donors (Lipinski definition) is 2. The minimum atomic E-state index is -0.458. The summed E-state index contributed by atoms with van der Waals surface area (Å²) in [5.74, 6) is 0.178. The highest BCUT2D eigenvalue weighted by atomic mass is 16.7. The average molecular weight is 447 g/mol. The topological polar surface area (TPSA) is 71.5 Å². The Balaban J connectivity index is 0.000000401. The van der Waals surface area contributed by atoms with Gasteiger partial charge in [0.05, 0.1) is 35.6 Å². The molecule has 1 saturated carbocycles. The van der Waals surface area contributed by atoms with E-state index in [0.29, 0.717) is 12.0 Å². The molecule has 2 heterocycles. The maximum atomic E-state index is 10.2. The summed E-state index contributed by atoms with van der Waals surface area (Å²) in [5, 5.41) is 19.0. The summed E-state index contributed by atoms with van der Waals surface area (Å²) >= 11 is 0. The molecule has 0 bridgehead atoms. The average Bonchev–Trinajstić information content (AvgIpc) is 2.89. The predicted octanol–water partition coefficient (Wildman–Crippen LogP) is 6.09. The summed E-state index contributed by atoms with van der Waals surface area (Å²) in [6, 6.07) is 0. The Kier molecular flexibility index (Phi) is 11.2. The first-order valence-electron chi connectivity index (χ1n) is 12.1. The maximum absolute atomic E-state index is 10.2. The Labute approximate surface area is 193 Å². The Morgan fingerprint density at radius 1 is 0.935 bits per heavy atom. The molecule has 188 valence electrons. The predicted molar refractivity (Wildman–Crippen MR) is 129 cm³/mol. The van der Waals surface area contributed by atoms with E-state index in [1.807, 2.05) is 34.6 Å². The van der Waals surface area contributed by atoms with Crippen molar-refractivity contribution in [1.29, 1.82) is 0 Å². The molecule has 0 aromatic heterocycles. The second-order valence-electron chi connectivity index (χ2n) is 11.8. The van der Waals surface area contributed by atoms with Crippen LogP contribution in [0.4, 0.5) is 0 Å². The van der Waals surface area contributed by atoms with Crippen molar-refractivity contribution < 1.29 is 24.4 Å². The van der Waals surface area contributed by atoms with Crippen LogP contribution in [0.5, 0.6) is 0 Å². The molecule has 3 aliphatic rings. The Hall–Kier alpha value is -0.200. The molecule has 0 spiro atoms. The lowest BCUT2D eigenvalue weighted by atomic mass is 9.75. The highest BCUT2D eigenvalue weighted by molar-refractivity contribution is 5.00. The number of epoxide rings is 1. The molecular formula is C26H54O5. The molecule has 0 aromatic carbocycles. The van der Waals surface area contributed by atoms with Crippen LogP contribution in [0.25, 0.3) is 0 Å². The van der Waals surface area contributed by atoms with Gasteiger partial charge >= 0.3 is 0 Å². The van der Waals surface area contributed by atoms with E-state index in [9.17, 15) is 5.11 Å². The second-order valence-corrected chi connectivity index (χ2v) is 11.8. The highest BCUT2D eigenvalue weighted by Crippen LogP contribution is 2.50. The monoisotopic (exact) mass is 446 g/mol. The van der Waals surface area contributed by atoms with E-state index >= 15 is 0 Å². The van der Waals surface area contributed by atoms with Crippen molar-refractivity contribution in [2.24, 2.45) is 11.3 Å². The van der Waals surface area contributed by atoms with Gasteiger partial charge in [-0.05, 0) is 92.9 Å². The van der Waals surface area contributed by atoms with Gasteiger partial charge in [0.25, 0.3) is 0 Å². The minimum absolute atomic E-state index is 0.119. The summed E-state index contributed by atoms with van der Waals surface area (Å²) in [5.41, 5.74) is -0.574. The van der Waals surface area contributed by atoms with Gasteiger partial charge < -0.3 is 24.4 Å². The molecule has 2 N–H and O–H groups in total. The SMILES string of the molecule is CC1COC(C)(C)O1.CC1OC1(C)C.CCC(C)(C)O.CCC1CCC(C)(C)C1(C)O. The number of ether oxygens (including phenoxy) is 3. The second kappa shape index (κ2) is 11.3. The van der Waals surface area contributed by atoms with E-state index in [-0.39, 0.29) is 22.9 Å². The van der Waals surface area contributed by atoms with Crippen molar-refractivity contribution in [3.05, 3.63) is 0 Å². The Morgan fingerprint density at radius 2 is 1.35 bits per heavy atom. The molecule has 2 saturated heterocycles. The standard InChI is InChI=1S/C10H20O.C6H12O2.C5H10O.C5H12O/c1-5-8-6-7-9(2,3)10(8,4)11;1-5-4-7-6(2,3)8-5;1-4-5(2,3)6-4;1-4-5(2,3)6/h8,11H,5-7H2,1-4H3;5H,4H2,1-3H3;4H,1-3H3;6H,4H2,1-3H3. The van der Waals surface area contributed by atoms with Crippen LogP contribution in [0.2, 0.25) is 0 Å². The van der Waals surface area contributed by atoms with E-state index in [1.165, 1.54) is 12.8 Å². The fourth-order valence-electron chi connectivity index (χ4n) is 3.52. The van der Waals surface area contributed by atoms with Crippen LogP contribution >= 0.6 is 0 Å². The van der Waals surface area contributed by atoms with Crippen molar-refractivity contribution in [3.63, 3.8) is 0 Å². The van der Waals surface area contributed by atoms with Crippen LogP contribution in [0.1, 0.15) is 116 Å². The molecule has 5 heteroatoms. The van der Waals surface area contributed by atoms with E-state index in [0.717, 1.165) is 19.4 Å². The Bertz CT molecular complexity index is 508. The van der Waals surface area contributed by atoms with E-state index in [2.05, 4.69) is 41.5 Å². The third-order valence-electron chi connectivity index (χ3n) is 7.19. The molecule has 3 fully saturated rings. The van der Waals surface area contributed by atoms with Crippen molar-refractivity contribution >= 4 is 0 Å². The molecule has 3 rings (SSSR count). The van der Waals surface area contributed by atoms with E-state index in [1.54, 1.807) is 13.8 Å². The van der Waals surface area contributed by atoms with Crippen LogP contribution in [0.3, 0.4) is 0 Å². The zero-order chi connectivity index (χ0) is 24.9. The summed E-state index contributed by atoms with van der Waals surface area (Å²) in [6.45, 7) is 26.9. The van der Waals surface area contributed by atoms with Crippen LogP contribution in [0.15, 0.2) is 0 Å². The first kappa shape index (κ1) is 30.8. The van der Waals surface area contributed by atoms with Gasteiger partial charge in [0.2, 0.25) is 0 Å². The largest absolute Gasteiger partial charge is 0.390 e. The third kappa shape index (κ3) is 11.0. The lowest BCUT2D eigenvalue weighted by Gasteiger charge is -2.37. The fourth-order valence-corrected chi connectivity index (χ4v) is 3.52. The number of hydrogen-bond acceptors (Lipinski definition) is 5. The first-order chi connectivity index (χ1) is 13.7. The van der Waals surface area contributed by atoms with Crippen molar-refractivity contribution in [2.75, 3.05) is 6.61 Å². The van der Waals surface area contributed by atoms with Gasteiger partial charge in [0.15, 0.2) is 5.79 Å². The molecule has 31 heavy (non-hydrogen) atoms. The van der Waals surface area contributed by atoms with Crippen LogP contribution in [0, 0.1) is 11.3 Å². The maximum Gasteiger partial charge on any atom is 0.163 e. The minimum Gasteiger partial charge on any atom is -0.390 e. The molecular weight excluding hydrogens is 392 g/mol. The number of aliphatic hydroxyl groups is 2. The van der Waals surface area contributed by atoms with Crippen molar-refractivity contribution in [3.8, 4) is 0 Å². The first-order valence-corrected chi connectivity index (χ1v) is 12.1. The van der Waals surface area contributed by atoms with E-state index in [4.69, 9.17) is 19.3 Å². The zero-order valence-electron chi connectivity index (χ0n) is 22.9. The summed E-state index contributed by atoms with van der Waals surface area (Å²) in [7, 11) is 0. The molecule has 2 aliphatic heterocycles. The summed E-state index contributed by atoms with van der Waals surface area (Å²) in [6.07, 6.45) is 5.06. The summed E-state index contributed by atoms with van der Waals surface area (Å²) < 4.78 is 15.7. The smallest absolute Gasteiger partial charge is 0.163 e. The third-order valence-corrected chi connectivity index (χ3v) is 7.19. The highest BCUT2D eigenvalue weighted by Gasteiger charge is 2.49. The van der Waals surface area contributed by atoms with Crippen LogP contribution < -0.4 is 0 Å². The Morgan fingerprint density at radius 3 is 1.45 bits per heavy atom. The fraction of sp³-hybridized carbons (Fsp3) is 1.00. The van der Waals surface area contributed by atoms with Crippen molar-refractivity contribution in [2.45, 2.75) is 150 Å². The van der Waals surface area contributed by atoms with Gasteiger partial charge in [-0.1, -0.05) is 34.1 Å². The van der Waals surface area contributed by atoms with Crippen LogP contribution in [-0.4, -0.2) is 51.6 Å². The number of rotatable bonds is 2. The van der Waals surface area contributed by atoms with Gasteiger partial charge in [-0.2, -0.15) is 0 Å². The zero-order valence-corrected chi connectivity index (χ0v) is 22.9. The lowest BCUT2D eigenvalue weighted by Crippen LogP contribution is -2.41.